The van der Waals surface area contributed by atoms with Crippen molar-refractivity contribution in [2.24, 2.45) is 5.92 Å². The Kier molecular flexibility index (Phi) is 5.10. The number of carboxylic acid groups (broad SMARTS) is 1. The van der Waals surface area contributed by atoms with Crippen molar-refractivity contribution in [1.82, 2.24) is 14.3 Å². The summed E-state index contributed by atoms with van der Waals surface area (Å²) in [5, 5.41) is 11.7. The molecule has 3 rings (SSSR count). The molecule has 6 nitrogen and oxygen atoms in total. The smallest absolute Gasteiger partial charge is 0.347 e. The van der Waals surface area contributed by atoms with E-state index in [1.165, 1.54) is 11.5 Å². The number of carboxylic acids is 1. The van der Waals surface area contributed by atoms with Gasteiger partial charge in [-0.15, -0.1) is 11.3 Å². The Bertz CT molecular complexity index is 889. The van der Waals surface area contributed by atoms with Gasteiger partial charge in [-0.25, -0.2) is 19.1 Å². The van der Waals surface area contributed by atoms with E-state index in [2.05, 4.69) is 28.2 Å². The Labute approximate surface area is 153 Å². The number of pyridine rings is 1. The van der Waals surface area contributed by atoms with Crippen LogP contribution in [-0.4, -0.2) is 32.0 Å². The molecule has 0 aliphatic rings. The molecule has 0 bridgehead atoms. The molecule has 0 aliphatic carbocycles. The first kappa shape index (κ1) is 17.5. The standard InChI is InChI=1S/C17H17N3O3S2/c1-9(2)7-23-14-6-18-13(4-12(14)11-5-19-24-8-11)16-20-10(3)15(25-16)17(21)22/h4-6,8-9H,7H2,1-3H3,(H,21,22). The summed E-state index contributed by atoms with van der Waals surface area (Å²) in [7, 11) is 0. The Morgan fingerprint density at radius 3 is 2.76 bits per heavy atom. The summed E-state index contributed by atoms with van der Waals surface area (Å²) in [5.41, 5.74) is 2.94. The third-order valence-electron chi connectivity index (χ3n) is 3.39. The number of aryl methyl sites for hydroxylation is 1. The fourth-order valence-electron chi connectivity index (χ4n) is 2.20. The predicted octanol–water partition coefficient (Wildman–Crippen LogP) is 4.37. The zero-order chi connectivity index (χ0) is 18.0. The van der Waals surface area contributed by atoms with Crippen LogP contribution in [0, 0.1) is 12.8 Å². The quantitative estimate of drug-likeness (QED) is 0.688. The van der Waals surface area contributed by atoms with E-state index in [1.807, 2.05) is 11.4 Å². The third-order valence-corrected chi connectivity index (χ3v) is 5.15. The van der Waals surface area contributed by atoms with E-state index in [1.54, 1.807) is 19.3 Å². The van der Waals surface area contributed by atoms with Crippen molar-refractivity contribution in [1.29, 1.82) is 0 Å². The number of hydrogen-bond donors (Lipinski definition) is 1. The summed E-state index contributed by atoms with van der Waals surface area (Å²) in [6.07, 6.45) is 3.45. The molecule has 0 aromatic carbocycles. The Morgan fingerprint density at radius 1 is 1.36 bits per heavy atom. The van der Waals surface area contributed by atoms with Gasteiger partial charge in [0.2, 0.25) is 0 Å². The molecule has 0 atom stereocenters. The molecule has 0 fully saturated rings. The molecule has 1 N–H and O–H groups in total. The summed E-state index contributed by atoms with van der Waals surface area (Å²) in [6.45, 7) is 6.44. The van der Waals surface area contributed by atoms with Gasteiger partial charge in [0.1, 0.15) is 15.6 Å². The van der Waals surface area contributed by atoms with Gasteiger partial charge in [-0.3, -0.25) is 0 Å². The number of hydrogen-bond acceptors (Lipinski definition) is 7. The second-order valence-electron chi connectivity index (χ2n) is 5.92. The van der Waals surface area contributed by atoms with Crippen LogP contribution in [-0.2, 0) is 0 Å². The van der Waals surface area contributed by atoms with E-state index in [0.717, 1.165) is 22.5 Å². The molecule has 0 radical (unpaired) electrons. The lowest BCUT2D eigenvalue weighted by atomic mass is 10.1. The molecule has 3 heterocycles. The maximum absolute atomic E-state index is 11.2. The highest BCUT2D eigenvalue weighted by Crippen LogP contribution is 2.35. The maximum atomic E-state index is 11.2. The molecular formula is C17H17N3O3S2. The monoisotopic (exact) mass is 375 g/mol. The molecule has 3 aromatic rings. The minimum atomic E-state index is -0.972. The maximum Gasteiger partial charge on any atom is 0.347 e. The molecule has 0 unspecified atom stereocenters. The van der Waals surface area contributed by atoms with E-state index in [0.29, 0.717) is 34.7 Å². The van der Waals surface area contributed by atoms with Gasteiger partial charge in [0.15, 0.2) is 0 Å². The van der Waals surface area contributed by atoms with Crippen LogP contribution < -0.4 is 4.74 Å². The molecule has 3 aromatic heterocycles. The molecule has 130 valence electrons. The highest BCUT2D eigenvalue weighted by Gasteiger charge is 2.18. The largest absolute Gasteiger partial charge is 0.491 e. The normalized spacial score (nSPS) is 11.0. The summed E-state index contributed by atoms with van der Waals surface area (Å²) in [5.74, 6) is 0.109. The van der Waals surface area contributed by atoms with E-state index >= 15 is 0 Å². The van der Waals surface area contributed by atoms with Crippen molar-refractivity contribution in [3.8, 4) is 27.6 Å². The zero-order valence-electron chi connectivity index (χ0n) is 14.0. The third kappa shape index (κ3) is 3.85. The number of aromatic carboxylic acids is 1. The van der Waals surface area contributed by atoms with E-state index in [9.17, 15) is 9.90 Å². The Morgan fingerprint density at radius 2 is 2.16 bits per heavy atom. The van der Waals surface area contributed by atoms with Crippen molar-refractivity contribution < 1.29 is 14.6 Å². The molecular weight excluding hydrogens is 358 g/mol. The molecule has 0 amide bonds. The van der Waals surface area contributed by atoms with Crippen LogP contribution >= 0.6 is 22.9 Å². The fourth-order valence-corrected chi connectivity index (χ4v) is 3.61. The van der Waals surface area contributed by atoms with Crippen LogP contribution in [0.25, 0.3) is 21.8 Å². The summed E-state index contributed by atoms with van der Waals surface area (Å²) >= 11 is 2.49. The molecule has 0 saturated heterocycles. The van der Waals surface area contributed by atoms with Crippen LogP contribution in [0.5, 0.6) is 5.75 Å². The summed E-state index contributed by atoms with van der Waals surface area (Å²) < 4.78 is 10.0. The molecule has 8 heteroatoms. The average molecular weight is 375 g/mol. The van der Waals surface area contributed by atoms with Crippen molar-refractivity contribution in [3.05, 3.63) is 34.4 Å². The van der Waals surface area contributed by atoms with E-state index < -0.39 is 5.97 Å². The zero-order valence-corrected chi connectivity index (χ0v) is 15.6. The first-order valence-corrected chi connectivity index (χ1v) is 9.34. The first-order chi connectivity index (χ1) is 12.0. The SMILES string of the molecule is Cc1nc(-c2cc(-c3cnsc3)c(OCC(C)C)cn2)sc1C(=O)O. The minimum absolute atomic E-state index is 0.232. The molecule has 25 heavy (non-hydrogen) atoms. The fraction of sp³-hybridized carbons (Fsp3) is 0.294. The first-order valence-electron chi connectivity index (χ1n) is 7.69. The van der Waals surface area contributed by atoms with Gasteiger partial charge in [0.05, 0.1) is 24.2 Å². The number of carbonyl (C=O) groups is 1. The van der Waals surface area contributed by atoms with Gasteiger partial charge >= 0.3 is 5.97 Å². The van der Waals surface area contributed by atoms with Crippen molar-refractivity contribution in [2.75, 3.05) is 6.61 Å². The van der Waals surface area contributed by atoms with Crippen LogP contribution in [0.1, 0.15) is 29.2 Å². The lowest BCUT2D eigenvalue weighted by Crippen LogP contribution is -2.05. The lowest BCUT2D eigenvalue weighted by Gasteiger charge is -2.12. The lowest BCUT2D eigenvalue weighted by molar-refractivity contribution is 0.0701. The van der Waals surface area contributed by atoms with Gasteiger partial charge in [-0.2, -0.15) is 0 Å². The van der Waals surface area contributed by atoms with Gasteiger partial charge < -0.3 is 9.84 Å². The Hall–Kier alpha value is -2.32. The van der Waals surface area contributed by atoms with Crippen LogP contribution in [0.15, 0.2) is 23.8 Å². The summed E-state index contributed by atoms with van der Waals surface area (Å²) in [4.78, 5) is 20.3. The van der Waals surface area contributed by atoms with Crippen LogP contribution in [0.2, 0.25) is 0 Å². The van der Waals surface area contributed by atoms with Crippen LogP contribution in [0.4, 0.5) is 0 Å². The van der Waals surface area contributed by atoms with Crippen LogP contribution in [0.3, 0.4) is 0 Å². The number of ether oxygens (including phenoxy) is 1. The van der Waals surface area contributed by atoms with Crippen molar-refractivity contribution in [3.63, 3.8) is 0 Å². The molecule has 0 saturated carbocycles. The van der Waals surface area contributed by atoms with Crippen molar-refractivity contribution in [2.45, 2.75) is 20.8 Å². The number of aromatic nitrogens is 3. The van der Waals surface area contributed by atoms with E-state index in [4.69, 9.17) is 4.74 Å². The second-order valence-corrected chi connectivity index (χ2v) is 7.58. The van der Waals surface area contributed by atoms with Gasteiger partial charge in [-0.1, -0.05) is 13.8 Å². The number of rotatable bonds is 6. The van der Waals surface area contributed by atoms with Crippen molar-refractivity contribution >= 4 is 28.8 Å². The van der Waals surface area contributed by atoms with Gasteiger partial charge in [0.25, 0.3) is 0 Å². The highest BCUT2D eigenvalue weighted by molar-refractivity contribution is 7.17. The number of nitrogens with zero attached hydrogens (tertiary/aromatic N) is 3. The summed E-state index contributed by atoms with van der Waals surface area (Å²) in [6, 6.07) is 1.88. The molecule has 0 spiro atoms. The minimum Gasteiger partial charge on any atom is -0.491 e. The van der Waals surface area contributed by atoms with Gasteiger partial charge in [-0.05, 0) is 30.4 Å². The van der Waals surface area contributed by atoms with Gasteiger partial charge in [0, 0.05) is 22.7 Å². The highest BCUT2D eigenvalue weighted by atomic mass is 32.1. The number of thiazole rings is 1. The topological polar surface area (TPSA) is 85.2 Å². The second kappa shape index (κ2) is 7.28. The average Bonchev–Trinajstić information content (AvgIpc) is 3.22. The molecule has 0 aliphatic heterocycles. The Balaban J connectivity index is 2.03. The predicted molar refractivity (Wildman–Crippen MR) is 98.5 cm³/mol. The van der Waals surface area contributed by atoms with E-state index in [-0.39, 0.29) is 4.88 Å².